The first-order chi connectivity index (χ1) is 9.11. The summed E-state index contributed by atoms with van der Waals surface area (Å²) >= 11 is 0. The SMILES string of the molecule is CCN(Cc1c(N)cccc1F)c1cccc(F)c1. The van der Waals surface area contributed by atoms with Gasteiger partial charge in [0.25, 0.3) is 0 Å². The van der Waals surface area contributed by atoms with Crippen molar-refractivity contribution in [3.63, 3.8) is 0 Å². The van der Waals surface area contributed by atoms with Gasteiger partial charge in [0.15, 0.2) is 0 Å². The minimum Gasteiger partial charge on any atom is -0.398 e. The van der Waals surface area contributed by atoms with Gasteiger partial charge < -0.3 is 10.6 Å². The molecule has 0 aliphatic carbocycles. The van der Waals surface area contributed by atoms with Crippen LogP contribution in [0.15, 0.2) is 42.5 Å². The molecule has 0 bridgehead atoms. The maximum absolute atomic E-state index is 13.8. The first kappa shape index (κ1) is 13.3. The molecule has 100 valence electrons. The van der Waals surface area contributed by atoms with Crippen LogP contribution < -0.4 is 10.6 Å². The Morgan fingerprint density at radius 3 is 2.47 bits per heavy atom. The summed E-state index contributed by atoms with van der Waals surface area (Å²) in [7, 11) is 0. The van der Waals surface area contributed by atoms with Gasteiger partial charge in [0.05, 0.1) is 0 Å². The number of benzene rings is 2. The normalized spacial score (nSPS) is 10.5. The van der Waals surface area contributed by atoms with Crippen LogP contribution in [-0.4, -0.2) is 6.54 Å². The molecule has 0 fully saturated rings. The molecule has 0 saturated heterocycles. The summed E-state index contributed by atoms with van der Waals surface area (Å²) in [6, 6.07) is 10.9. The first-order valence-corrected chi connectivity index (χ1v) is 6.15. The zero-order valence-electron chi connectivity index (χ0n) is 10.7. The van der Waals surface area contributed by atoms with Crippen LogP contribution in [-0.2, 0) is 6.54 Å². The average molecular weight is 262 g/mol. The Morgan fingerprint density at radius 1 is 1.11 bits per heavy atom. The molecule has 0 radical (unpaired) electrons. The highest BCUT2D eigenvalue weighted by molar-refractivity contribution is 5.52. The van der Waals surface area contributed by atoms with Crippen molar-refractivity contribution in [1.82, 2.24) is 0 Å². The Bertz CT molecular complexity index is 550. The van der Waals surface area contributed by atoms with Gasteiger partial charge in [-0.2, -0.15) is 0 Å². The van der Waals surface area contributed by atoms with E-state index in [9.17, 15) is 8.78 Å². The lowest BCUT2D eigenvalue weighted by Gasteiger charge is -2.24. The highest BCUT2D eigenvalue weighted by atomic mass is 19.1. The van der Waals surface area contributed by atoms with Crippen LogP contribution in [0.2, 0.25) is 0 Å². The van der Waals surface area contributed by atoms with E-state index in [-0.39, 0.29) is 11.6 Å². The third-order valence-electron chi connectivity index (χ3n) is 3.06. The molecular weight excluding hydrogens is 246 g/mol. The van der Waals surface area contributed by atoms with Crippen molar-refractivity contribution in [2.45, 2.75) is 13.5 Å². The van der Waals surface area contributed by atoms with E-state index in [4.69, 9.17) is 5.73 Å². The smallest absolute Gasteiger partial charge is 0.130 e. The highest BCUT2D eigenvalue weighted by Gasteiger charge is 2.12. The van der Waals surface area contributed by atoms with Crippen LogP contribution in [0.3, 0.4) is 0 Å². The standard InChI is InChI=1S/C15H16F2N2/c1-2-19(12-6-3-5-11(16)9-12)10-13-14(17)7-4-8-15(13)18/h3-9H,2,10,18H2,1H3. The predicted molar refractivity (Wildman–Crippen MR) is 73.9 cm³/mol. The largest absolute Gasteiger partial charge is 0.398 e. The molecule has 2 nitrogen and oxygen atoms in total. The number of nitrogen functional groups attached to an aromatic ring is 1. The molecule has 0 heterocycles. The van der Waals surface area contributed by atoms with Crippen LogP contribution in [0.4, 0.5) is 20.2 Å². The average Bonchev–Trinajstić information content (AvgIpc) is 2.38. The van der Waals surface area contributed by atoms with E-state index in [2.05, 4.69) is 0 Å². The molecule has 0 atom stereocenters. The van der Waals surface area contributed by atoms with Crippen LogP contribution in [0.5, 0.6) is 0 Å². The van der Waals surface area contributed by atoms with Gasteiger partial charge in [0, 0.05) is 30.0 Å². The van der Waals surface area contributed by atoms with E-state index in [0.29, 0.717) is 30.0 Å². The third kappa shape index (κ3) is 3.02. The molecule has 0 aliphatic heterocycles. The monoisotopic (exact) mass is 262 g/mol. The molecule has 0 aliphatic rings. The fourth-order valence-electron chi connectivity index (χ4n) is 1.99. The Morgan fingerprint density at radius 2 is 1.84 bits per heavy atom. The van der Waals surface area contributed by atoms with Gasteiger partial charge >= 0.3 is 0 Å². The number of rotatable bonds is 4. The second kappa shape index (κ2) is 5.69. The third-order valence-corrected chi connectivity index (χ3v) is 3.06. The van der Waals surface area contributed by atoms with E-state index < -0.39 is 0 Å². The van der Waals surface area contributed by atoms with E-state index in [1.807, 2.05) is 11.8 Å². The van der Waals surface area contributed by atoms with E-state index in [0.717, 1.165) is 0 Å². The van der Waals surface area contributed by atoms with Crippen molar-refractivity contribution in [3.8, 4) is 0 Å². The van der Waals surface area contributed by atoms with Gasteiger partial charge in [-0.1, -0.05) is 12.1 Å². The Hall–Kier alpha value is -2.10. The molecule has 19 heavy (non-hydrogen) atoms. The van der Waals surface area contributed by atoms with Crippen LogP contribution in [0.25, 0.3) is 0 Å². The number of hydrogen-bond donors (Lipinski definition) is 1. The lowest BCUT2D eigenvalue weighted by Crippen LogP contribution is -2.23. The molecule has 0 aromatic heterocycles. The van der Waals surface area contributed by atoms with Crippen molar-refractivity contribution in [1.29, 1.82) is 0 Å². The lowest BCUT2D eigenvalue weighted by molar-refractivity contribution is 0.605. The molecule has 4 heteroatoms. The maximum atomic E-state index is 13.8. The molecule has 2 rings (SSSR count). The minimum atomic E-state index is -0.338. The van der Waals surface area contributed by atoms with Crippen molar-refractivity contribution in [3.05, 3.63) is 59.7 Å². The Labute approximate surface area is 111 Å². The van der Waals surface area contributed by atoms with Gasteiger partial charge in [0.2, 0.25) is 0 Å². The molecule has 2 N–H and O–H groups in total. The zero-order chi connectivity index (χ0) is 13.8. The van der Waals surface area contributed by atoms with Crippen molar-refractivity contribution >= 4 is 11.4 Å². The molecule has 0 saturated carbocycles. The Balaban J connectivity index is 2.29. The molecule has 0 amide bonds. The maximum Gasteiger partial charge on any atom is 0.130 e. The van der Waals surface area contributed by atoms with Gasteiger partial charge in [-0.05, 0) is 37.3 Å². The molecule has 0 spiro atoms. The zero-order valence-corrected chi connectivity index (χ0v) is 10.7. The second-order valence-corrected chi connectivity index (χ2v) is 4.30. The molecular formula is C15H16F2N2. The lowest BCUT2D eigenvalue weighted by atomic mass is 10.1. The van der Waals surface area contributed by atoms with Gasteiger partial charge in [-0.15, -0.1) is 0 Å². The van der Waals surface area contributed by atoms with Gasteiger partial charge in [-0.25, -0.2) is 8.78 Å². The van der Waals surface area contributed by atoms with Crippen LogP contribution in [0, 0.1) is 11.6 Å². The number of halogens is 2. The van der Waals surface area contributed by atoms with Crippen molar-refractivity contribution in [2.75, 3.05) is 17.2 Å². The van der Waals surface area contributed by atoms with E-state index in [1.165, 1.54) is 18.2 Å². The summed E-state index contributed by atoms with van der Waals surface area (Å²) in [6.07, 6.45) is 0. The van der Waals surface area contributed by atoms with Crippen molar-refractivity contribution < 1.29 is 8.78 Å². The minimum absolute atomic E-state index is 0.308. The number of hydrogen-bond acceptors (Lipinski definition) is 2. The van der Waals surface area contributed by atoms with E-state index >= 15 is 0 Å². The predicted octanol–water partition coefficient (Wildman–Crippen LogP) is 3.57. The molecule has 2 aromatic rings. The number of nitrogens with zero attached hydrogens (tertiary/aromatic N) is 1. The summed E-state index contributed by atoms with van der Waals surface area (Å²) in [6.45, 7) is 2.89. The topological polar surface area (TPSA) is 29.3 Å². The van der Waals surface area contributed by atoms with E-state index in [1.54, 1.807) is 24.3 Å². The quantitative estimate of drug-likeness (QED) is 0.853. The van der Waals surface area contributed by atoms with Crippen LogP contribution >= 0.6 is 0 Å². The molecule has 2 aromatic carbocycles. The highest BCUT2D eigenvalue weighted by Crippen LogP contribution is 2.22. The summed E-state index contributed by atoms with van der Waals surface area (Å²) in [5.41, 5.74) is 7.36. The number of nitrogens with two attached hydrogens (primary N) is 1. The Kier molecular flexibility index (Phi) is 4.00. The second-order valence-electron chi connectivity index (χ2n) is 4.30. The first-order valence-electron chi connectivity index (χ1n) is 6.15. The summed E-state index contributed by atoms with van der Waals surface area (Å²) in [5.74, 6) is -0.646. The number of anilines is 2. The van der Waals surface area contributed by atoms with Crippen LogP contribution in [0.1, 0.15) is 12.5 Å². The van der Waals surface area contributed by atoms with Crippen molar-refractivity contribution in [2.24, 2.45) is 0 Å². The van der Waals surface area contributed by atoms with Gasteiger partial charge in [0.1, 0.15) is 11.6 Å². The fourth-order valence-corrected chi connectivity index (χ4v) is 1.99. The fraction of sp³-hybridized carbons (Fsp3) is 0.200. The molecule has 0 unspecified atom stereocenters. The van der Waals surface area contributed by atoms with Gasteiger partial charge in [-0.3, -0.25) is 0 Å². The summed E-state index contributed by atoms with van der Waals surface area (Å²) in [5, 5.41) is 0. The summed E-state index contributed by atoms with van der Waals surface area (Å²) in [4.78, 5) is 1.87. The summed E-state index contributed by atoms with van der Waals surface area (Å²) < 4.78 is 27.0.